The van der Waals surface area contributed by atoms with E-state index in [1.165, 1.54) is 0 Å². The Morgan fingerprint density at radius 2 is 2.07 bits per heavy atom. The number of alkyl halides is 2. The van der Waals surface area contributed by atoms with Gasteiger partial charge in [-0.2, -0.15) is 0 Å². The zero-order valence-electron chi connectivity index (χ0n) is 9.25. The van der Waals surface area contributed by atoms with Gasteiger partial charge in [-0.3, -0.25) is 4.90 Å². The lowest BCUT2D eigenvalue weighted by Crippen LogP contribution is -2.63. The molecule has 0 spiro atoms. The van der Waals surface area contributed by atoms with E-state index in [4.69, 9.17) is 4.74 Å². The molecule has 5 heteroatoms. The van der Waals surface area contributed by atoms with Crippen LogP contribution in [0.3, 0.4) is 0 Å². The van der Waals surface area contributed by atoms with Crippen LogP contribution in [0.5, 0.6) is 0 Å². The summed E-state index contributed by atoms with van der Waals surface area (Å²) in [6, 6.07) is 0.0902. The van der Waals surface area contributed by atoms with Crippen LogP contribution < -0.4 is 0 Å². The second kappa shape index (κ2) is 3.96. The van der Waals surface area contributed by atoms with Gasteiger partial charge in [0.2, 0.25) is 0 Å². The molecule has 2 saturated heterocycles. The normalized spacial score (nSPS) is 34.8. The molecule has 2 atom stereocenters. The van der Waals surface area contributed by atoms with Gasteiger partial charge in [0.15, 0.2) is 0 Å². The quantitative estimate of drug-likeness (QED) is 0.680. The fourth-order valence-corrected chi connectivity index (χ4v) is 2.17. The van der Waals surface area contributed by atoms with E-state index in [0.717, 1.165) is 13.1 Å². The maximum absolute atomic E-state index is 12.7. The van der Waals surface area contributed by atoms with Crippen molar-refractivity contribution in [2.45, 2.75) is 25.0 Å². The summed E-state index contributed by atoms with van der Waals surface area (Å²) in [5.41, 5.74) is 0. The molecule has 0 amide bonds. The summed E-state index contributed by atoms with van der Waals surface area (Å²) >= 11 is 0. The molecule has 0 aromatic rings. The van der Waals surface area contributed by atoms with E-state index in [1.807, 2.05) is 14.0 Å². The van der Waals surface area contributed by atoms with Gasteiger partial charge in [-0.05, 0) is 14.0 Å². The van der Waals surface area contributed by atoms with Crippen LogP contribution in [0.1, 0.15) is 6.92 Å². The van der Waals surface area contributed by atoms with Crippen molar-refractivity contribution in [3.05, 3.63) is 0 Å². The molecule has 2 fully saturated rings. The molecule has 15 heavy (non-hydrogen) atoms. The molecule has 0 aromatic carbocycles. The van der Waals surface area contributed by atoms with Crippen LogP contribution in [-0.2, 0) is 4.74 Å². The topological polar surface area (TPSA) is 15.7 Å². The van der Waals surface area contributed by atoms with E-state index in [0.29, 0.717) is 6.61 Å². The molecule has 0 aromatic heterocycles. The van der Waals surface area contributed by atoms with Crippen molar-refractivity contribution >= 4 is 0 Å². The first-order chi connectivity index (χ1) is 6.98. The monoisotopic (exact) mass is 220 g/mol. The van der Waals surface area contributed by atoms with Crippen molar-refractivity contribution in [3.8, 4) is 0 Å². The van der Waals surface area contributed by atoms with Gasteiger partial charge in [-0.1, -0.05) is 0 Å². The molecule has 0 aliphatic carbocycles. The van der Waals surface area contributed by atoms with Crippen LogP contribution in [0.4, 0.5) is 8.78 Å². The standard InChI is InChI=1S/C10H18F2N2O/c1-8(14-6-10(11,12)7-14)9-5-13(2)3-4-15-9/h8-9H,3-7H2,1-2H3. The average Bonchev–Trinajstić information content (AvgIpc) is 2.13. The highest BCUT2D eigenvalue weighted by molar-refractivity contribution is 4.93. The predicted octanol–water partition coefficient (Wildman–Crippen LogP) is 0.656. The molecular formula is C10H18F2N2O. The van der Waals surface area contributed by atoms with E-state index in [-0.39, 0.29) is 25.2 Å². The Balaban J connectivity index is 1.83. The highest BCUT2D eigenvalue weighted by Gasteiger charge is 2.47. The Bertz CT molecular complexity index is 229. The number of likely N-dealkylation sites (N-methyl/N-ethyl adjacent to an activating group) is 1. The van der Waals surface area contributed by atoms with E-state index in [9.17, 15) is 8.78 Å². The number of ether oxygens (including phenoxy) is 1. The zero-order chi connectivity index (χ0) is 11.1. The van der Waals surface area contributed by atoms with Crippen molar-refractivity contribution in [1.29, 1.82) is 0 Å². The second-order valence-electron chi connectivity index (χ2n) is 4.67. The molecule has 88 valence electrons. The number of likely N-dealkylation sites (tertiary alicyclic amines) is 1. The third-order valence-corrected chi connectivity index (χ3v) is 3.28. The van der Waals surface area contributed by atoms with Crippen LogP contribution in [0.2, 0.25) is 0 Å². The fourth-order valence-electron chi connectivity index (χ4n) is 2.17. The minimum Gasteiger partial charge on any atom is -0.374 e. The van der Waals surface area contributed by atoms with Gasteiger partial charge >= 0.3 is 0 Å². The summed E-state index contributed by atoms with van der Waals surface area (Å²) in [6.45, 7) is 4.22. The first-order valence-corrected chi connectivity index (χ1v) is 5.40. The highest BCUT2D eigenvalue weighted by atomic mass is 19.3. The van der Waals surface area contributed by atoms with Gasteiger partial charge < -0.3 is 9.64 Å². The minimum atomic E-state index is -2.48. The molecule has 0 N–H and O–H groups in total. The van der Waals surface area contributed by atoms with Gasteiger partial charge in [-0.25, -0.2) is 8.78 Å². The lowest BCUT2D eigenvalue weighted by molar-refractivity contribution is -0.168. The Morgan fingerprint density at radius 1 is 1.40 bits per heavy atom. The first kappa shape index (κ1) is 11.2. The Labute approximate surface area is 89.0 Å². The fraction of sp³-hybridized carbons (Fsp3) is 1.00. The molecule has 2 aliphatic rings. The summed E-state index contributed by atoms with van der Waals surface area (Å²) < 4.78 is 31.0. The first-order valence-electron chi connectivity index (χ1n) is 5.40. The summed E-state index contributed by atoms with van der Waals surface area (Å²) in [6.07, 6.45) is 0.0693. The molecule has 2 unspecified atom stereocenters. The van der Waals surface area contributed by atoms with Crippen molar-refractivity contribution in [2.75, 3.05) is 39.8 Å². The second-order valence-corrected chi connectivity index (χ2v) is 4.67. The van der Waals surface area contributed by atoms with Crippen LogP contribution in [0.25, 0.3) is 0 Å². The van der Waals surface area contributed by atoms with E-state index in [2.05, 4.69) is 4.90 Å². The average molecular weight is 220 g/mol. The van der Waals surface area contributed by atoms with Crippen LogP contribution in [0.15, 0.2) is 0 Å². The summed E-state index contributed by atoms with van der Waals surface area (Å²) in [7, 11) is 2.03. The maximum atomic E-state index is 12.7. The Morgan fingerprint density at radius 3 is 2.60 bits per heavy atom. The Kier molecular flexibility index (Phi) is 2.96. The van der Waals surface area contributed by atoms with Crippen molar-refractivity contribution in [2.24, 2.45) is 0 Å². The van der Waals surface area contributed by atoms with E-state index >= 15 is 0 Å². The smallest absolute Gasteiger partial charge is 0.272 e. The summed E-state index contributed by atoms with van der Waals surface area (Å²) in [5, 5.41) is 0. The van der Waals surface area contributed by atoms with Crippen LogP contribution in [-0.4, -0.2) is 67.7 Å². The van der Waals surface area contributed by atoms with Crippen molar-refractivity contribution in [3.63, 3.8) is 0 Å². The lowest BCUT2D eigenvalue weighted by atomic mass is 10.0. The molecule has 2 heterocycles. The van der Waals surface area contributed by atoms with Gasteiger partial charge in [0.25, 0.3) is 5.92 Å². The third kappa shape index (κ3) is 2.46. The van der Waals surface area contributed by atoms with E-state index in [1.54, 1.807) is 4.90 Å². The molecule has 3 nitrogen and oxygen atoms in total. The summed E-state index contributed by atoms with van der Waals surface area (Å²) in [5.74, 6) is -2.48. The lowest BCUT2D eigenvalue weighted by Gasteiger charge is -2.46. The number of nitrogens with zero attached hydrogens (tertiary/aromatic N) is 2. The van der Waals surface area contributed by atoms with Crippen molar-refractivity contribution in [1.82, 2.24) is 9.80 Å². The molecule has 2 rings (SSSR count). The number of hydrogen-bond donors (Lipinski definition) is 0. The number of morpholine rings is 1. The summed E-state index contributed by atoms with van der Waals surface area (Å²) in [4.78, 5) is 3.98. The number of hydrogen-bond acceptors (Lipinski definition) is 3. The Hall–Kier alpha value is -0.260. The van der Waals surface area contributed by atoms with Gasteiger partial charge in [0, 0.05) is 19.1 Å². The van der Waals surface area contributed by atoms with Crippen molar-refractivity contribution < 1.29 is 13.5 Å². The molecule has 0 radical (unpaired) electrons. The van der Waals surface area contributed by atoms with Crippen LogP contribution in [0, 0.1) is 0 Å². The molecule has 2 aliphatic heterocycles. The third-order valence-electron chi connectivity index (χ3n) is 3.28. The van der Waals surface area contributed by atoms with Crippen LogP contribution >= 0.6 is 0 Å². The molecular weight excluding hydrogens is 202 g/mol. The zero-order valence-corrected chi connectivity index (χ0v) is 9.25. The highest BCUT2D eigenvalue weighted by Crippen LogP contribution is 2.30. The van der Waals surface area contributed by atoms with Gasteiger partial charge in [-0.15, -0.1) is 0 Å². The predicted molar refractivity (Wildman–Crippen MR) is 53.2 cm³/mol. The number of halogens is 2. The largest absolute Gasteiger partial charge is 0.374 e. The van der Waals surface area contributed by atoms with Gasteiger partial charge in [0.05, 0.1) is 25.8 Å². The van der Waals surface area contributed by atoms with Gasteiger partial charge in [0.1, 0.15) is 0 Å². The molecule has 0 bridgehead atoms. The molecule has 0 saturated carbocycles. The minimum absolute atomic E-state index is 0.0693. The maximum Gasteiger partial charge on any atom is 0.272 e. The number of rotatable bonds is 2. The SMILES string of the molecule is CC(C1CN(C)CCO1)N1CC(F)(F)C1. The van der Waals surface area contributed by atoms with E-state index < -0.39 is 5.92 Å².